The standard InChI is InChI=1S/C20H18ClFN4O2/c1-12-9-15(21)5-8-19(12)28-13(2)20(27)26-24-11-18-17(10-23-25-18)14-3-6-16(22)7-4-14/h3-11,13H,1-2H3,(H,23,25)(H,26,27)/b24-11-/t13-/m0/s1. The van der Waals surface area contributed by atoms with E-state index in [2.05, 4.69) is 20.7 Å². The van der Waals surface area contributed by atoms with Crippen LogP contribution < -0.4 is 10.2 Å². The molecular weight excluding hydrogens is 383 g/mol. The van der Waals surface area contributed by atoms with Gasteiger partial charge in [0.2, 0.25) is 0 Å². The van der Waals surface area contributed by atoms with Crippen LogP contribution >= 0.6 is 11.6 Å². The summed E-state index contributed by atoms with van der Waals surface area (Å²) in [5.74, 6) is -0.156. The highest BCUT2D eigenvalue weighted by molar-refractivity contribution is 6.30. The van der Waals surface area contributed by atoms with E-state index in [0.29, 0.717) is 16.5 Å². The zero-order valence-electron chi connectivity index (χ0n) is 15.2. The van der Waals surface area contributed by atoms with Gasteiger partial charge in [-0.05, 0) is 55.3 Å². The molecule has 144 valence electrons. The zero-order valence-corrected chi connectivity index (χ0v) is 16.0. The summed E-state index contributed by atoms with van der Waals surface area (Å²) in [6.45, 7) is 3.47. The van der Waals surface area contributed by atoms with Crippen LogP contribution in [0.2, 0.25) is 5.02 Å². The Kier molecular flexibility index (Phi) is 6.06. The first-order valence-corrected chi connectivity index (χ1v) is 8.87. The molecular formula is C20H18ClFN4O2. The molecule has 0 radical (unpaired) electrons. The molecule has 0 fully saturated rings. The maximum atomic E-state index is 13.1. The molecule has 2 N–H and O–H groups in total. The fraction of sp³-hybridized carbons (Fsp3) is 0.150. The van der Waals surface area contributed by atoms with E-state index in [-0.39, 0.29) is 5.82 Å². The molecule has 3 aromatic rings. The molecule has 28 heavy (non-hydrogen) atoms. The van der Waals surface area contributed by atoms with Gasteiger partial charge in [-0.15, -0.1) is 0 Å². The van der Waals surface area contributed by atoms with Crippen molar-refractivity contribution < 1.29 is 13.9 Å². The molecule has 0 spiro atoms. The van der Waals surface area contributed by atoms with Crippen LogP contribution in [0.4, 0.5) is 4.39 Å². The number of hydrazone groups is 1. The van der Waals surface area contributed by atoms with Crippen LogP contribution in [0.3, 0.4) is 0 Å². The highest BCUT2D eigenvalue weighted by Crippen LogP contribution is 2.23. The van der Waals surface area contributed by atoms with E-state index in [1.807, 2.05) is 6.92 Å². The molecule has 0 aliphatic rings. The maximum Gasteiger partial charge on any atom is 0.280 e. The number of nitrogens with zero attached hydrogens (tertiary/aromatic N) is 2. The average molecular weight is 401 g/mol. The first-order chi connectivity index (χ1) is 13.4. The van der Waals surface area contributed by atoms with Gasteiger partial charge in [0.25, 0.3) is 5.91 Å². The molecule has 0 aliphatic carbocycles. The topological polar surface area (TPSA) is 79.4 Å². The minimum Gasteiger partial charge on any atom is -0.481 e. The van der Waals surface area contributed by atoms with Crippen molar-refractivity contribution in [1.29, 1.82) is 0 Å². The lowest BCUT2D eigenvalue weighted by molar-refractivity contribution is -0.127. The van der Waals surface area contributed by atoms with E-state index in [9.17, 15) is 9.18 Å². The Labute approximate surface area is 166 Å². The molecule has 0 bridgehead atoms. The fourth-order valence-corrected chi connectivity index (χ4v) is 2.72. The fourth-order valence-electron chi connectivity index (χ4n) is 2.49. The number of H-pyrrole nitrogens is 1. The predicted octanol–water partition coefficient (Wildman–Crippen LogP) is 4.10. The molecule has 8 heteroatoms. The molecule has 0 unspecified atom stereocenters. The Balaban J connectivity index is 1.62. The quantitative estimate of drug-likeness (QED) is 0.483. The van der Waals surface area contributed by atoms with Gasteiger partial charge >= 0.3 is 0 Å². The molecule has 0 saturated carbocycles. The number of rotatable bonds is 6. The second-order valence-electron chi connectivity index (χ2n) is 6.11. The molecule has 1 heterocycles. The first kappa shape index (κ1) is 19.6. The Morgan fingerprint density at radius 1 is 1.32 bits per heavy atom. The van der Waals surface area contributed by atoms with Gasteiger partial charge in [-0.3, -0.25) is 9.89 Å². The summed E-state index contributed by atoms with van der Waals surface area (Å²) in [6.07, 6.45) is 2.28. The van der Waals surface area contributed by atoms with Crippen molar-refractivity contribution in [3.63, 3.8) is 0 Å². The van der Waals surface area contributed by atoms with Crippen LogP contribution in [0, 0.1) is 12.7 Å². The number of nitrogens with one attached hydrogen (secondary N) is 2. The van der Waals surface area contributed by atoms with E-state index in [1.54, 1.807) is 43.5 Å². The lowest BCUT2D eigenvalue weighted by Gasteiger charge is -2.14. The Hall–Kier alpha value is -3.19. The monoisotopic (exact) mass is 400 g/mol. The van der Waals surface area contributed by atoms with Gasteiger partial charge in [0, 0.05) is 10.6 Å². The number of benzene rings is 2. The SMILES string of the molecule is Cc1cc(Cl)ccc1O[C@@H](C)C(=O)N/N=C\c1[nH]ncc1-c1ccc(F)cc1. The maximum absolute atomic E-state index is 13.1. The van der Waals surface area contributed by atoms with E-state index >= 15 is 0 Å². The van der Waals surface area contributed by atoms with Crippen molar-refractivity contribution in [2.24, 2.45) is 5.10 Å². The molecule has 6 nitrogen and oxygen atoms in total. The molecule has 2 aromatic carbocycles. The van der Waals surface area contributed by atoms with Gasteiger partial charge in [0.05, 0.1) is 18.1 Å². The number of carbonyl (C=O) groups excluding carboxylic acids is 1. The van der Waals surface area contributed by atoms with Gasteiger partial charge in [0.15, 0.2) is 6.10 Å². The third-order valence-corrected chi connectivity index (χ3v) is 4.24. The number of aromatic nitrogens is 2. The second kappa shape index (κ2) is 8.67. The lowest BCUT2D eigenvalue weighted by atomic mass is 10.1. The number of hydrogen-bond acceptors (Lipinski definition) is 4. The van der Waals surface area contributed by atoms with Crippen LogP contribution in [0.15, 0.2) is 53.8 Å². The van der Waals surface area contributed by atoms with Crippen molar-refractivity contribution >= 4 is 23.7 Å². The number of amides is 1. The number of carbonyl (C=O) groups is 1. The zero-order chi connectivity index (χ0) is 20.1. The number of aromatic amines is 1. The minimum atomic E-state index is -0.754. The summed E-state index contributed by atoms with van der Waals surface area (Å²) in [7, 11) is 0. The number of ether oxygens (including phenoxy) is 1. The lowest BCUT2D eigenvalue weighted by Crippen LogP contribution is -2.33. The Morgan fingerprint density at radius 3 is 2.79 bits per heavy atom. The molecule has 1 aromatic heterocycles. The molecule has 0 aliphatic heterocycles. The second-order valence-corrected chi connectivity index (χ2v) is 6.54. The van der Waals surface area contributed by atoms with Gasteiger partial charge in [-0.1, -0.05) is 23.7 Å². The molecule has 1 atom stereocenters. The summed E-state index contributed by atoms with van der Waals surface area (Å²) in [4.78, 5) is 12.2. The number of hydrogen-bond donors (Lipinski definition) is 2. The van der Waals surface area contributed by atoms with Crippen LogP contribution in [-0.4, -0.2) is 28.4 Å². The van der Waals surface area contributed by atoms with Gasteiger partial charge < -0.3 is 4.74 Å². The van der Waals surface area contributed by atoms with E-state index < -0.39 is 12.0 Å². The highest BCUT2D eigenvalue weighted by atomic mass is 35.5. The minimum absolute atomic E-state index is 0.320. The normalized spacial score (nSPS) is 12.1. The van der Waals surface area contributed by atoms with Crippen molar-refractivity contribution in [2.45, 2.75) is 20.0 Å². The first-order valence-electron chi connectivity index (χ1n) is 8.49. The summed E-state index contributed by atoms with van der Waals surface area (Å²) in [5.41, 5.74) is 5.35. The third kappa shape index (κ3) is 4.75. The van der Waals surface area contributed by atoms with E-state index in [0.717, 1.165) is 16.7 Å². The molecule has 3 rings (SSSR count). The smallest absolute Gasteiger partial charge is 0.280 e. The largest absolute Gasteiger partial charge is 0.481 e. The summed E-state index contributed by atoms with van der Waals surface area (Å²) < 4.78 is 18.7. The van der Waals surface area contributed by atoms with Crippen molar-refractivity contribution in [3.05, 3.63) is 70.8 Å². The van der Waals surface area contributed by atoms with Crippen molar-refractivity contribution in [1.82, 2.24) is 15.6 Å². The van der Waals surface area contributed by atoms with Crippen LogP contribution in [0.1, 0.15) is 18.2 Å². The Morgan fingerprint density at radius 2 is 2.07 bits per heavy atom. The molecule has 1 amide bonds. The Bertz CT molecular complexity index is 1000. The van der Waals surface area contributed by atoms with Gasteiger partial charge in [-0.25, -0.2) is 9.82 Å². The summed E-state index contributed by atoms with van der Waals surface area (Å²) in [5, 5.41) is 11.3. The van der Waals surface area contributed by atoms with E-state index in [1.165, 1.54) is 18.3 Å². The summed E-state index contributed by atoms with van der Waals surface area (Å²) >= 11 is 5.92. The summed E-state index contributed by atoms with van der Waals surface area (Å²) in [6, 6.07) is 11.2. The third-order valence-electron chi connectivity index (χ3n) is 4.00. The van der Waals surface area contributed by atoms with Crippen LogP contribution in [-0.2, 0) is 4.79 Å². The van der Waals surface area contributed by atoms with E-state index in [4.69, 9.17) is 16.3 Å². The van der Waals surface area contributed by atoms with Gasteiger partial charge in [0.1, 0.15) is 11.6 Å². The van der Waals surface area contributed by atoms with Crippen molar-refractivity contribution in [2.75, 3.05) is 0 Å². The van der Waals surface area contributed by atoms with Crippen LogP contribution in [0.5, 0.6) is 5.75 Å². The number of halogens is 2. The number of aryl methyl sites for hydroxylation is 1. The van der Waals surface area contributed by atoms with Gasteiger partial charge in [-0.2, -0.15) is 10.2 Å². The highest BCUT2D eigenvalue weighted by Gasteiger charge is 2.15. The predicted molar refractivity (Wildman–Crippen MR) is 106 cm³/mol. The van der Waals surface area contributed by atoms with Crippen molar-refractivity contribution in [3.8, 4) is 16.9 Å². The van der Waals surface area contributed by atoms with Crippen LogP contribution in [0.25, 0.3) is 11.1 Å². The molecule has 0 saturated heterocycles. The average Bonchev–Trinajstić information content (AvgIpc) is 3.13.